The number of nitrogens with one attached hydrogen (secondary N) is 1. The van der Waals surface area contributed by atoms with E-state index in [0.717, 1.165) is 37.3 Å². The van der Waals surface area contributed by atoms with Gasteiger partial charge >= 0.3 is 0 Å². The first-order valence-corrected chi connectivity index (χ1v) is 8.39. The maximum absolute atomic E-state index is 5.58. The Kier molecular flexibility index (Phi) is 7.20. The Labute approximate surface area is 139 Å². The van der Waals surface area contributed by atoms with E-state index in [1.54, 1.807) is 7.11 Å². The molecule has 0 aromatic heterocycles. The fraction of sp³-hybridized carbons (Fsp3) is 0.611. The van der Waals surface area contributed by atoms with E-state index in [1.165, 1.54) is 18.4 Å². The van der Waals surface area contributed by atoms with Crippen molar-refractivity contribution in [1.82, 2.24) is 10.2 Å². The summed E-state index contributed by atoms with van der Waals surface area (Å²) in [6, 6.07) is 8.16. The zero-order chi connectivity index (χ0) is 16.5. The quantitative estimate of drug-likeness (QED) is 0.497. The van der Waals surface area contributed by atoms with Gasteiger partial charge in [-0.1, -0.05) is 19.1 Å². The number of hydrogen-bond donors (Lipinski definition) is 1. The van der Waals surface area contributed by atoms with Crippen molar-refractivity contribution in [3.05, 3.63) is 29.8 Å². The minimum absolute atomic E-state index is 0.577. The molecule has 0 saturated carbocycles. The maximum Gasteiger partial charge on any atom is 0.193 e. The van der Waals surface area contributed by atoms with Crippen LogP contribution in [-0.4, -0.2) is 51.3 Å². The third-order valence-electron chi connectivity index (χ3n) is 4.23. The van der Waals surface area contributed by atoms with Crippen LogP contribution in [0.2, 0.25) is 0 Å². The number of piperidine rings is 1. The van der Waals surface area contributed by atoms with Crippen LogP contribution in [0.1, 0.15) is 25.3 Å². The highest BCUT2D eigenvalue weighted by Gasteiger charge is 2.18. The lowest BCUT2D eigenvalue weighted by Crippen LogP contribution is -2.45. The van der Waals surface area contributed by atoms with Gasteiger partial charge in [0.2, 0.25) is 0 Å². The van der Waals surface area contributed by atoms with E-state index in [9.17, 15) is 0 Å². The second-order valence-electron chi connectivity index (χ2n) is 6.06. The normalized spacial score (nSPS) is 16.5. The van der Waals surface area contributed by atoms with Crippen molar-refractivity contribution in [2.45, 2.75) is 26.3 Å². The van der Waals surface area contributed by atoms with Crippen molar-refractivity contribution < 1.29 is 9.47 Å². The van der Waals surface area contributed by atoms with Crippen LogP contribution in [0.15, 0.2) is 29.3 Å². The number of nitrogens with zero attached hydrogens (tertiary/aromatic N) is 2. The number of benzene rings is 1. The molecular weight excluding hydrogens is 290 g/mol. The molecule has 1 aliphatic rings. The van der Waals surface area contributed by atoms with Crippen LogP contribution < -0.4 is 10.1 Å². The van der Waals surface area contributed by atoms with Crippen LogP contribution in [0.5, 0.6) is 5.75 Å². The van der Waals surface area contributed by atoms with Gasteiger partial charge in [-0.25, -0.2) is 0 Å². The maximum atomic E-state index is 5.58. The van der Waals surface area contributed by atoms with E-state index in [4.69, 9.17) is 9.47 Å². The molecule has 1 aliphatic heterocycles. The average molecular weight is 319 g/mol. The topological polar surface area (TPSA) is 46.1 Å². The lowest BCUT2D eigenvalue weighted by atomic mass is 10.00. The van der Waals surface area contributed by atoms with Gasteiger partial charge in [-0.05, 0) is 36.5 Å². The van der Waals surface area contributed by atoms with Crippen LogP contribution in [0.4, 0.5) is 0 Å². The van der Waals surface area contributed by atoms with Crippen LogP contribution in [-0.2, 0) is 11.3 Å². The molecule has 0 amide bonds. The fourth-order valence-electron chi connectivity index (χ4n) is 2.68. The molecule has 1 aromatic carbocycles. The summed E-state index contributed by atoms with van der Waals surface area (Å²) in [5, 5.41) is 3.46. The summed E-state index contributed by atoms with van der Waals surface area (Å²) in [4.78, 5) is 6.76. The molecule has 5 nitrogen and oxygen atoms in total. The zero-order valence-electron chi connectivity index (χ0n) is 14.5. The van der Waals surface area contributed by atoms with Gasteiger partial charge in [-0.3, -0.25) is 4.99 Å². The summed E-state index contributed by atoms with van der Waals surface area (Å²) in [6.07, 6.45) is 2.49. The molecule has 23 heavy (non-hydrogen) atoms. The highest BCUT2D eigenvalue weighted by Crippen LogP contribution is 2.16. The van der Waals surface area contributed by atoms with Crippen LogP contribution >= 0.6 is 0 Å². The third kappa shape index (κ3) is 5.75. The van der Waals surface area contributed by atoms with E-state index in [1.807, 2.05) is 19.2 Å². The summed E-state index contributed by atoms with van der Waals surface area (Å²) in [5.41, 5.74) is 1.22. The molecule has 2 rings (SSSR count). The molecule has 0 aliphatic carbocycles. The minimum Gasteiger partial charge on any atom is -0.491 e. The Morgan fingerprint density at radius 2 is 1.91 bits per heavy atom. The number of methoxy groups -OCH3 is 1. The third-order valence-corrected chi connectivity index (χ3v) is 4.23. The van der Waals surface area contributed by atoms with Crippen molar-refractivity contribution >= 4 is 5.96 Å². The highest BCUT2D eigenvalue weighted by atomic mass is 16.5. The van der Waals surface area contributed by atoms with Gasteiger partial charge in [0.05, 0.1) is 6.61 Å². The second-order valence-corrected chi connectivity index (χ2v) is 6.06. The summed E-state index contributed by atoms with van der Waals surface area (Å²) in [6.45, 7) is 6.46. The monoisotopic (exact) mass is 319 g/mol. The molecule has 1 aromatic rings. The zero-order valence-corrected chi connectivity index (χ0v) is 14.5. The van der Waals surface area contributed by atoms with Crippen molar-refractivity contribution in [3.63, 3.8) is 0 Å². The Hall–Kier alpha value is -1.75. The summed E-state index contributed by atoms with van der Waals surface area (Å²) < 4.78 is 10.6. The average Bonchev–Trinajstić information content (AvgIpc) is 2.58. The van der Waals surface area contributed by atoms with E-state index < -0.39 is 0 Å². The Morgan fingerprint density at radius 3 is 2.52 bits per heavy atom. The molecule has 1 heterocycles. The van der Waals surface area contributed by atoms with E-state index in [2.05, 4.69) is 34.3 Å². The number of aliphatic imine (C=N–C) groups is 1. The van der Waals surface area contributed by atoms with Crippen LogP contribution in [0, 0.1) is 5.92 Å². The van der Waals surface area contributed by atoms with Gasteiger partial charge in [0, 0.05) is 33.8 Å². The van der Waals surface area contributed by atoms with Crippen molar-refractivity contribution in [2.24, 2.45) is 10.9 Å². The number of hydrogen-bond acceptors (Lipinski definition) is 3. The summed E-state index contributed by atoms with van der Waals surface area (Å²) >= 11 is 0. The second kappa shape index (κ2) is 9.40. The molecule has 0 radical (unpaired) electrons. The molecule has 1 N–H and O–H groups in total. The summed E-state index contributed by atoms with van der Waals surface area (Å²) in [5.74, 6) is 2.70. The highest BCUT2D eigenvalue weighted by molar-refractivity contribution is 5.79. The standard InChI is InChI=1S/C18H29N3O2/c1-15-8-10-21(11-9-15)18(19-2)20-14-16-4-6-17(7-5-16)23-13-12-22-3/h4-7,15H,8-14H2,1-3H3,(H,19,20). The van der Waals surface area contributed by atoms with Gasteiger partial charge in [0.25, 0.3) is 0 Å². The molecule has 1 fully saturated rings. The van der Waals surface area contributed by atoms with Gasteiger partial charge < -0.3 is 19.7 Å². The van der Waals surface area contributed by atoms with Crippen LogP contribution in [0.3, 0.4) is 0 Å². The molecule has 128 valence electrons. The lowest BCUT2D eigenvalue weighted by Gasteiger charge is -2.32. The molecular formula is C18H29N3O2. The first kappa shape index (κ1) is 17.6. The molecule has 0 atom stereocenters. The SMILES string of the molecule is CN=C(NCc1ccc(OCCOC)cc1)N1CCC(C)CC1. The number of rotatable bonds is 6. The fourth-order valence-corrected chi connectivity index (χ4v) is 2.68. The molecule has 0 spiro atoms. The Morgan fingerprint density at radius 1 is 1.22 bits per heavy atom. The van der Waals surface area contributed by atoms with Gasteiger partial charge in [0.15, 0.2) is 5.96 Å². The van der Waals surface area contributed by atoms with E-state index >= 15 is 0 Å². The summed E-state index contributed by atoms with van der Waals surface area (Å²) in [7, 11) is 3.53. The van der Waals surface area contributed by atoms with Gasteiger partial charge in [0.1, 0.15) is 12.4 Å². The van der Waals surface area contributed by atoms with E-state index in [-0.39, 0.29) is 0 Å². The predicted molar refractivity (Wildman–Crippen MR) is 94.0 cm³/mol. The number of guanidine groups is 1. The number of likely N-dealkylation sites (tertiary alicyclic amines) is 1. The van der Waals surface area contributed by atoms with Gasteiger partial charge in [-0.2, -0.15) is 0 Å². The first-order valence-electron chi connectivity index (χ1n) is 8.39. The molecule has 0 bridgehead atoms. The molecule has 1 saturated heterocycles. The smallest absolute Gasteiger partial charge is 0.193 e. The number of ether oxygens (including phenoxy) is 2. The van der Waals surface area contributed by atoms with Crippen molar-refractivity contribution in [3.8, 4) is 5.75 Å². The van der Waals surface area contributed by atoms with Crippen LogP contribution in [0.25, 0.3) is 0 Å². The van der Waals surface area contributed by atoms with Gasteiger partial charge in [-0.15, -0.1) is 0 Å². The predicted octanol–water partition coefficient (Wildman–Crippen LogP) is 2.52. The molecule has 0 unspecified atom stereocenters. The molecule has 5 heteroatoms. The minimum atomic E-state index is 0.577. The van der Waals surface area contributed by atoms with Crippen molar-refractivity contribution in [2.75, 3.05) is 40.5 Å². The lowest BCUT2D eigenvalue weighted by molar-refractivity contribution is 0.146. The van der Waals surface area contributed by atoms with Crippen molar-refractivity contribution in [1.29, 1.82) is 0 Å². The largest absolute Gasteiger partial charge is 0.491 e. The first-order chi connectivity index (χ1) is 11.2. The Balaban J connectivity index is 1.79. The van der Waals surface area contributed by atoms with E-state index in [0.29, 0.717) is 13.2 Å². The Bertz CT molecular complexity index is 480.